The van der Waals surface area contributed by atoms with Gasteiger partial charge in [-0.2, -0.15) is 0 Å². The molecule has 3 rings (SSSR count). The maximum absolute atomic E-state index is 6.15. The Bertz CT molecular complexity index is 747. The Labute approximate surface area is 130 Å². The SMILES string of the molecule is CCC(c1ccccc1)c1nc2ccc(Cl)cc2n1CC. The van der Waals surface area contributed by atoms with E-state index in [-0.39, 0.29) is 0 Å². The summed E-state index contributed by atoms with van der Waals surface area (Å²) in [6, 6.07) is 16.5. The fraction of sp³-hybridized carbons (Fsp3) is 0.278. The van der Waals surface area contributed by atoms with Gasteiger partial charge in [0, 0.05) is 17.5 Å². The highest BCUT2D eigenvalue weighted by molar-refractivity contribution is 6.31. The molecule has 0 spiro atoms. The smallest absolute Gasteiger partial charge is 0.117 e. The first-order valence-electron chi connectivity index (χ1n) is 7.45. The predicted molar refractivity (Wildman–Crippen MR) is 89.0 cm³/mol. The molecule has 0 N–H and O–H groups in total. The third-order valence-corrected chi connectivity index (χ3v) is 4.21. The van der Waals surface area contributed by atoms with Gasteiger partial charge in [-0.05, 0) is 37.1 Å². The number of hydrogen-bond acceptors (Lipinski definition) is 1. The minimum absolute atomic E-state index is 0.317. The van der Waals surface area contributed by atoms with Gasteiger partial charge in [-0.15, -0.1) is 0 Å². The Morgan fingerprint density at radius 2 is 1.86 bits per heavy atom. The summed E-state index contributed by atoms with van der Waals surface area (Å²) in [4.78, 5) is 4.88. The first-order chi connectivity index (χ1) is 10.2. The molecule has 0 aliphatic carbocycles. The number of halogens is 1. The minimum atomic E-state index is 0.317. The normalized spacial score (nSPS) is 12.7. The van der Waals surface area contributed by atoms with Gasteiger partial charge in [-0.3, -0.25) is 0 Å². The maximum Gasteiger partial charge on any atom is 0.117 e. The Morgan fingerprint density at radius 1 is 1.10 bits per heavy atom. The molecule has 3 aromatic rings. The summed E-state index contributed by atoms with van der Waals surface area (Å²) in [6.45, 7) is 5.27. The lowest BCUT2D eigenvalue weighted by Gasteiger charge is -2.16. The van der Waals surface area contributed by atoms with Crippen molar-refractivity contribution < 1.29 is 0 Å². The molecule has 3 heteroatoms. The van der Waals surface area contributed by atoms with Crippen LogP contribution in [0.4, 0.5) is 0 Å². The van der Waals surface area contributed by atoms with Crippen molar-refractivity contribution in [2.24, 2.45) is 0 Å². The van der Waals surface area contributed by atoms with Gasteiger partial charge < -0.3 is 4.57 Å². The summed E-state index contributed by atoms with van der Waals surface area (Å²) in [5.74, 6) is 1.45. The van der Waals surface area contributed by atoms with Crippen LogP contribution < -0.4 is 0 Å². The van der Waals surface area contributed by atoms with Gasteiger partial charge in [0.05, 0.1) is 11.0 Å². The number of hydrogen-bond donors (Lipinski definition) is 0. The zero-order chi connectivity index (χ0) is 14.8. The van der Waals surface area contributed by atoms with E-state index >= 15 is 0 Å². The van der Waals surface area contributed by atoms with Crippen LogP contribution >= 0.6 is 11.6 Å². The fourth-order valence-corrected chi connectivity index (χ4v) is 3.13. The average molecular weight is 299 g/mol. The van der Waals surface area contributed by atoms with Crippen LogP contribution in [-0.4, -0.2) is 9.55 Å². The quantitative estimate of drug-likeness (QED) is 0.643. The van der Waals surface area contributed by atoms with Crippen LogP contribution in [0.2, 0.25) is 5.02 Å². The van der Waals surface area contributed by atoms with E-state index in [0.29, 0.717) is 5.92 Å². The largest absolute Gasteiger partial charge is 0.328 e. The molecule has 0 bridgehead atoms. The lowest BCUT2D eigenvalue weighted by Crippen LogP contribution is -2.09. The molecule has 1 unspecified atom stereocenters. The Morgan fingerprint density at radius 3 is 2.52 bits per heavy atom. The Balaban J connectivity index is 2.18. The number of aryl methyl sites for hydroxylation is 1. The highest BCUT2D eigenvalue weighted by Crippen LogP contribution is 2.31. The molecule has 0 aliphatic heterocycles. The topological polar surface area (TPSA) is 17.8 Å². The molecule has 0 fully saturated rings. The molecule has 0 saturated heterocycles. The standard InChI is InChI=1S/C18H19ClN2/c1-3-15(13-8-6-5-7-9-13)18-20-16-11-10-14(19)12-17(16)21(18)4-2/h5-12,15H,3-4H2,1-2H3. The third kappa shape index (κ3) is 2.56. The van der Waals surface area contributed by atoms with Crippen LogP contribution in [0.5, 0.6) is 0 Å². The van der Waals surface area contributed by atoms with Crippen molar-refractivity contribution in [2.75, 3.05) is 0 Å². The number of fused-ring (bicyclic) bond motifs is 1. The highest BCUT2D eigenvalue weighted by Gasteiger charge is 2.19. The number of imidazole rings is 1. The average Bonchev–Trinajstić information content (AvgIpc) is 2.86. The van der Waals surface area contributed by atoms with E-state index in [4.69, 9.17) is 16.6 Å². The van der Waals surface area contributed by atoms with Crippen LogP contribution in [-0.2, 0) is 6.54 Å². The van der Waals surface area contributed by atoms with Crippen molar-refractivity contribution in [2.45, 2.75) is 32.7 Å². The Kier molecular flexibility index (Phi) is 3.98. The predicted octanol–water partition coefficient (Wildman–Crippen LogP) is 5.25. The molecule has 2 nitrogen and oxygen atoms in total. The zero-order valence-corrected chi connectivity index (χ0v) is 13.1. The van der Waals surface area contributed by atoms with Crippen LogP contribution in [0.1, 0.15) is 37.6 Å². The van der Waals surface area contributed by atoms with Crippen molar-refractivity contribution in [1.29, 1.82) is 0 Å². The lowest BCUT2D eigenvalue weighted by atomic mass is 9.95. The van der Waals surface area contributed by atoms with Gasteiger partial charge in [0.25, 0.3) is 0 Å². The number of benzene rings is 2. The second-order valence-electron chi connectivity index (χ2n) is 5.22. The van der Waals surface area contributed by atoms with E-state index in [1.54, 1.807) is 0 Å². The van der Waals surface area contributed by atoms with Gasteiger partial charge >= 0.3 is 0 Å². The summed E-state index contributed by atoms with van der Waals surface area (Å²) in [5.41, 5.74) is 3.45. The molecule has 0 radical (unpaired) electrons. The van der Waals surface area contributed by atoms with Gasteiger partial charge in [0.15, 0.2) is 0 Å². The first kappa shape index (κ1) is 14.2. The van der Waals surface area contributed by atoms with E-state index in [1.165, 1.54) is 5.56 Å². The number of rotatable bonds is 4. The molecule has 0 saturated carbocycles. The molecule has 0 amide bonds. The minimum Gasteiger partial charge on any atom is -0.328 e. The molecule has 2 aromatic carbocycles. The number of nitrogens with zero attached hydrogens (tertiary/aromatic N) is 2. The van der Waals surface area contributed by atoms with Gasteiger partial charge in [0.1, 0.15) is 5.82 Å². The molecule has 108 valence electrons. The van der Waals surface area contributed by atoms with Gasteiger partial charge in [-0.25, -0.2) is 4.98 Å². The van der Waals surface area contributed by atoms with Crippen LogP contribution in [0.3, 0.4) is 0 Å². The van der Waals surface area contributed by atoms with Crippen molar-refractivity contribution in [3.8, 4) is 0 Å². The molecule has 1 heterocycles. The van der Waals surface area contributed by atoms with Crippen LogP contribution in [0, 0.1) is 0 Å². The summed E-state index contributed by atoms with van der Waals surface area (Å²) >= 11 is 6.15. The second-order valence-corrected chi connectivity index (χ2v) is 5.66. The summed E-state index contributed by atoms with van der Waals surface area (Å²) in [5, 5.41) is 0.761. The van der Waals surface area contributed by atoms with Gasteiger partial charge in [-0.1, -0.05) is 48.9 Å². The molecular weight excluding hydrogens is 280 g/mol. The van der Waals surface area contributed by atoms with E-state index < -0.39 is 0 Å². The molecule has 0 aliphatic rings. The molecule has 1 atom stereocenters. The maximum atomic E-state index is 6.15. The van der Waals surface area contributed by atoms with Gasteiger partial charge in [0.2, 0.25) is 0 Å². The van der Waals surface area contributed by atoms with Crippen molar-refractivity contribution in [3.05, 3.63) is 64.9 Å². The number of aromatic nitrogens is 2. The third-order valence-electron chi connectivity index (χ3n) is 3.98. The van der Waals surface area contributed by atoms with E-state index in [0.717, 1.165) is 34.8 Å². The Hall–Kier alpha value is -1.80. The van der Waals surface area contributed by atoms with Crippen molar-refractivity contribution in [1.82, 2.24) is 9.55 Å². The van der Waals surface area contributed by atoms with E-state index in [1.807, 2.05) is 18.2 Å². The summed E-state index contributed by atoms with van der Waals surface area (Å²) in [6.07, 6.45) is 1.03. The second kappa shape index (κ2) is 5.90. The fourth-order valence-electron chi connectivity index (χ4n) is 2.97. The monoisotopic (exact) mass is 298 g/mol. The molecular formula is C18H19ClN2. The first-order valence-corrected chi connectivity index (χ1v) is 7.83. The van der Waals surface area contributed by atoms with Crippen molar-refractivity contribution in [3.63, 3.8) is 0 Å². The lowest BCUT2D eigenvalue weighted by molar-refractivity contribution is 0.642. The van der Waals surface area contributed by atoms with E-state index in [2.05, 4.69) is 48.7 Å². The van der Waals surface area contributed by atoms with Crippen LogP contribution in [0.25, 0.3) is 11.0 Å². The molecule has 21 heavy (non-hydrogen) atoms. The summed E-state index contributed by atoms with van der Waals surface area (Å²) in [7, 11) is 0. The highest BCUT2D eigenvalue weighted by atomic mass is 35.5. The van der Waals surface area contributed by atoms with Crippen LogP contribution in [0.15, 0.2) is 48.5 Å². The molecule has 1 aromatic heterocycles. The van der Waals surface area contributed by atoms with E-state index in [9.17, 15) is 0 Å². The summed E-state index contributed by atoms with van der Waals surface area (Å²) < 4.78 is 2.28. The van der Waals surface area contributed by atoms with Crippen molar-refractivity contribution >= 4 is 22.6 Å². The zero-order valence-electron chi connectivity index (χ0n) is 12.4.